The zero-order valence-electron chi connectivity index (χ0n) is 17.8. The van der Waals surface area contributed by atoms with Gasteiger partial charge in [0.2, 0.25) is 5.91 Å². The molecule has 3 atom stereocenters. The van der Waals surface area contributed by atoms with Gasteiger partial charge in [0, 0.05) is 68.6 Å². The average Bonchev–Trinajstić information content (AvgIpc) is 2.80. The summed E-state index contributed by atoms with van der Waals surface area (Å²) in [6, 6.07) is 8.73. The molecule has 164 valence electrons. The Morgan fingerprint density at radius 3 is 2.87 bits per heavy atom. The number of piperidine rings is 1. The van der Waals surface area contributed by atoms with Crippen LogP contribution in [-0.4, -0.2) is 71.8 Å². The Morgan fingerprint density at radius 2 is 2.06 bits per heavy atom. The third-order valence-corrected chi connectivity index (χ3v) is 6.71. The second-order valence-electron chi connectivity index (χ2n) is 8.62. The maximum Gasteiger partial charge on any atom is 0.251 e. The third-order valence-electron chi connectivity index (χ3n) is 6.71. The van der Waals surface area contributed by atoms with Crippen molar-refractivity contribution in [2.45, 2.75) is 24.9 Å². The van der Waals surface area contributed by atoms with E-state index >= 15 is 0 Å². The minimum Gasteiger partial charge on any atom is -0.497 e. The molecule has 2 saturated heterocycles. The van der Waals surface area contributed by atoms with Crippen LogP contribution >= 0.6 is 0 Å². The smallest absolute Gasteiger partial charge is 0.251 e. The standard InChI is InChI=1S/C23H28N4O4/c1-30-19-5-6-24-18(12-19)15-25-13-16-11-17(14-25)22(23(29)26-7-9-31-10-8-26)27-20(16)3-2-4-21(27)28/h2-6,12,16-17,22H,7-11,13-15H2,1H3/t16-,17+,22-/m1/s1. The summed E-state index contributed by atoms with van der Waals surface area (Å²) in [6.45, 7) is 4.57. The molecule has 0 saturated carbocycles. The van der Waals surface area contributed by atoms with Gasteiger partial charge in [-0.1, -0.05) is 6.07 Å². The molecule has 2 aromatic heterocycles. The van der Waals surface area contributed by atoms with Gasteiger partial charge in [-0.15, -0.1) is 0 Å². The Labute approximate surface area is 181 Å². The van der Waals surface area contributed by atoms with E-state index in [1.807, 2.05) is 29.2 Å². The molecular formula is C23H28N4O4. The monoisotopic (exact) mass is 424 g/mol. The molecule has 2 fully saturated rings. The fourth-order valence-corrected chi connectivity index (χ4v) is 5.34. The van der Waals surface area contributed by atoms with Gasteiger partial charge in [0.15, 0.2) is 0 Å². The highest BCUT2D eigenvalue weighted by molar-refractivity contribution is 5.81. The average molecular weight is 425 g/mol. The molecule has 0 radical (unpaired) electrons. The maximum absolute atomic E-state index is 13.6. The van der Waals surface area contributed by atoms with E-state index in [-0.39, 0.29) is 23.3 Å². The molecular weight excluding hydrogens is 396 g/mol. The SMILES string of the molecule is COc1ccnc(CN2C[C@H]3C[C@@H](C2)[C@H](C(=O)N2CCOCC2)n2c3cccc2=O)c1. The molecule has 0 spiro atoms. The van der Waals surface area contributed by atoms with Crippen LogP contribution in [-0.2, 0) is 16.1 Å². The molecule has 31 heavy (non-hydrogen) atoms. The van der Waals surface area contributed by atoms with Gasteiger partial charge in [-0.25, -0.2) is 0 Å². The number of rotatable bonds is 4. The van der Waals surface area contributed by atoms with Crippen molar-refractivity contribution in [2.75, 3.05) is 46.5 Å². The fraction of sp³-hybridized carbons (Fsp3) is 0.522. The summed E-state index contributed by atoms with van der Waals surface area (Å²) in [6.07, 6.45) is 2.69. The molecule has 5 rings (SSSR count). The lowest BCUT2D eigenvalue weighted by molar-refractivity contribution is -0.142. The molecule has 0 N–H and O–H groups in total. The first-order chi connectivity index (χ1) is 15.1. The highest BCUT2D eigenvalue weighted by Gasteiger charge is 2.45. The third kappa shape index (κ3) is 3.85. The van der Waals surface area contributed by atoms with E-state index in [4.69, 9.17) is 9.47 Å². The van der Waals surface area contributed by atoms with E-state index in [1.54, 1.807) is 23.9 Å². The zero-order valence-corrected chi connectivity index (χ0v) is 17.8. The van der Waals surface area contributed by atoms with Crippen LogP contribution in [0.25, 0.3) is 0 Å². The van der Waals surface area contributed by atoms with E-state index in [0.29, 0.717) is 32.8 Å². The second-order valence-corrected chi connectivity index (χ2v) is 8.62. The zero-order chi connectivity index (χ0) is 21.4. The first kappa shape index (κ1) is 20.2. The first-order valence-corrected chi connectivity index (χ1v) is 10.9. The Morgan fingerprint density at radius 1 is 1.23 bits per heavy atom. The van der Waals surface area contributed by atoms with Gasteiger partial charge in [0.05, 0.1) is 26.0 Å². The fourth-order valence-electron chi connectivity index (χ4n) is 5.34. The molecule has 0 unspecified atom stereocenters. The van der Waals surface area contributed by atoms with Crippen LogP contribution in [0, 0.1) is 5.92 Å². The molecule has 2 bridgehead atoms. The van der Waals surface area contributed by atoms with Crippen LogP contribution in [0.5, 0.6) is 5.75 Å². The van der Waals surface area contributed by atoms with Crippen molar-refractivity contribution in [1.82, 2.24) is 19.4 Å². The maximum atomic E-state index is 13.6. The largest absolute Gasteiger partial charge is 0.497 e. The number of carbonyl (C=O) groups is 1. The van der Waals surface area contributed by atoms with Crippen molar-refractivity contribution in [2.24, 2.45) is 5.92 Å². The molecule has 5 heterocycles. The van der Waals surface area contributed by atoms with E-state index in [0.717, 1.165) is 36.6 Å². The topological polar surface area (TPSA) is 76.9 Å². The highest BCUT2D eigenvalue weighted by Crippen LogP contribution is 2.42. The molecule has 2 aromatic rings. The van der Waals surface area contributed by atoms with Crippen LogP contribution in [0.15, 0.2) is 41.3 Å². The van der Waals surface area contributed by atoms with E-state index in [9.17, 15) is 9.59 Å². The lowest BCUT2D eigenvalue weighted by atomic mass is 9.78. The lowest BCUT2D eigenvalue weighted by Gasteiger charge is -2.47. The molecule has 8 heteroatoms. The number of hydrogen-bond acceptors (Lipinski definition) is 6. The van der Waals surface area contributed by atoms with Crippen molar-refractivity contribution >= 4 is 5.91 Å². The van der Waals surface area contributed by atoms with Crippen molar-refractivity contribution in [1.29, 1.82) is 0 Å². The molecule has 3 aliphatic heterocycles. The van der Waals surface area contributed by atoms with Gasteiger partial charge >= 0.3 is 0 Å². The number of methoxy groups -OCH3 is 1. The molecule has 0 aromatic carbocycles. The van der Waals surface area contributed by atoms with Gasteiger partial charge in [0.25, 0.3) is 5.56 Å². The van der Waals surface area contributed by atoms with Crippen molar-refractivity contribution in [3.8, 4) is 5.75 Å². The number of aromatic nitrogens is 2. The summed E-state index contributed by atoms with van der Waals surface area (Å²) >= 11 is 0. The lowest BCUT2D eigenvalue weighted by Crippen LogP contribution is -2.55. The molecule has 1 amide bonds. The minimum atomic E-state index is -0.459. The first-order valence-electron chi connectivity index (χ1n) is 10.9. The van der Waals surface area contributed by atoms with Gasteiger partial charge in [-0.2, -0.15) is 0 Å². The Balaban J connectivity index is 1.46. The van der Waals surface area contributed by atoms with Crippen LogP contribution in [0.1, 0.15) is 29.8 Å². The number of nitrogens with zero attached hydrogens (tertiary/aromatic N) is 4. The number of ether oxygens (including phenoxy) is 2. The number of pyridine rings is 2. The highest BCUT2D eigenvalue weighted by atomic mass is 16.5. The van der Waals surface area contributed by atoms with Crippen LogP contribution in [0.2, 0.25) is 0 Å². The minimum absolute atomic E-state index is 0.0441. The number of hydrogen-bond donors (Lipinski definition) is 0. The van der Waals surface area contributed by atoms with Crippen LogP contribution < -0.4 is 10.3 Å². The Bertz CT molecular complexity index is 1020. The number of likely N-dealkylation sites (tertiary alicyclic amines) is 1. The van der Waals surface area contributed by atoms with Crippen LogP contribution in [0.3, 0.4) is 0 Å². The van der Waals surface area contributed by atoms with E-state index in [2.05, 4.69) is 9.88 Å². The van der Waals surface area contributed by atoms with Gasteiger partial charge in [0.1, 0.15) is 11.8 Å². The van der Waals surface area contributed by atoms with E-state index in [1.165, 1.54) is 0 Å². The van der Waals surface area contributed by atoms with Gasteiger partial charge in [-0.3, -0.25) is 24.0 Å². The second kappa shape index (κ2) is 8.43. The summed E-state index contributed by atoms with van der Waals surface area (Å²) in [7, 11) is 1.65. The molecule has 8 nitrogen and oxygen atoms in total. The predicted octanol–water partition coefficient (Wildman–Crippen LogP) is 1.27. The van der Waals surface area contributed by atoms with E-state index < -0.39 is 6.04 Å². The van der Waals surface area contributed by atoms with Crippen LogP contribution in [0.4, 0.5) is 0 Å². The summed E-state index contributed by atoms with van der Waals surface area (Å²) in [5, 5.41) is 0. The number of carbonyl (C=O) groups excluding carboxylic acids is 1. The molecule has 0 aliphatic carbocycles. The van der Waals surface area contributed by atoms with Crippen molar-refractivity contribution in [3.63, 3.8) is 0 Å². The van der Waals surface area contributed by atoms with Gasteiger partial charge in [-0.05, 0) is 18.6 Å². The predicted molar refractivity (Wildman–Crippen MR) is 114 cm³/mol. The summed E-state index contributed by atoms with van der Waals surface area (Å²) in [4.78, 5) is 35.2. The van der Waals surface area contributed by atoms with Crippen molar-refractivity contribution < 1.29 is 14.3 Å². The Hall–Kier alpha value is -2.71. The summed E-state index contributed by atoms with van der Waals surface area (Å²) in [5.41, 5.74) is 1.83. The van der Waals surface area contributed by atoms with Crippen molar-refractivity contribution in [3.05, 3.63) is 58.3 Å². The number of morpholine rings is 1. The number of amides is 1. The normalized spacial score (nSPS) is 25.7. The molecule has 3 aliphatic rings. The number of fused-ring (bicyclic) bond motifs is 4. The quantitative estimate of drug-likeness (QED) is 0.736. The Kier molecular flexibility index (Phi) is 5.50. The summed E-state index contributed by atoms with van der Waals surface area (Å²) < 4.78 is 12.5. The van der Waals surface area contributed by atoms with Gasteiger partial charge < -0.3 is 14.4 Å². The summed E-state index contributed by atoms with van der Waals surface area (Å²) in [5.74, 6) is 1.15.